The second kappa shape index (κ2) is 6.29. The molecule has 2 rings (SSSR count). The Morgan fingerprint density at radius 3 is 2.94 bits per heavy atom. The van der Waals surface area contributed by atoms with E-state index in [0.717, 1.165) is 45.0 Å². The molecule has 5 nitrogen and oxygen atoms in total. The van der Waals surface area contributed by atoms with Crippen molar-refractivity contribution in [1.82, 2.24) is 19.7 Å². The predicted molar refractivity (Wildman–Crippen MR) is 70.4 cm³/mol. The van der Waals surface area contributed by atoms with Crippen LogP contribution >= 0.6 is 0 Å². The van der Waals surface area contributed by atoms with Crippen molar-refractivity contribution in [3.63, 3.8) is 0 Å². The molecule has 1 fully saturated rings. The summed E-state index contributed by atoms with van der Waals surface area (Å²) in [7, 11) is 0. The zero-order chi connectivity index (χ0) is 13.0. The summed E-state index contributed by atoms with van der Waals surface area (Å²) in [6, 6.07) is 0. The second-order valence-electron chi connectivity index (χ2n) is 5.49. The van der Waals surface area contributed by atoms with Crippen LogP contribution in [0.4, 0.5) is 0 Å². The molecule has 1 aromatic heterocycles. The Balaban J connectivity index is 1.77. The Kier molecular flexibility index (Phi) is 4.72. The van der Waals surface area contributed by atoms with Gasteiger partial charge in [-0.15, -0.1) is 10.2 Å². The summed E-state index contributed by atoms with van der Waals surface area (Å²) in [5.74, 6) is 1.69. The zero-order valence-electron chi connectivity index (χ0n) is 11.7. The Bertz CT molecular complexity index is 364. The molecule has 0 bridgehead atoms. The van der Waals surface area contributed by atoms with Crippen LogP contribution in [0.3, 0.4) is 0 Å². The lowest BCUT2D eigenvalue weighted by Gasteiger charge is -2.33. The van der Waals surface area contributed by atoms with Crippen LogP contribution in [0.1, 0.15) is 26.1 Å². The molecule has 1 atom stereocenters. The molecule has 0 spiro atoms. The summed E-state index contributed by atoms with van der Waals surface area (Å²) in [4.78, 5) is 2.48. The van der Waals surface area contributed by atoms with Gasteiger partial charge in [0.15, 0.2) is 0 Å². The largest absolute Gasteiger partial charge is 0.376 e. The van der Waals surface area contributed by atoms with Crippen molar-refractivity contribution >= 4 is 0 Å². The van der Waals surface area contributed by atoms with E-state index in [1.807, 2.05) is 6.92 Å². The monoisotopic (exact) mass is 252 g/mol. The smallest absolute Gasteiger partial charge is 0.129 e. The van der Waals surface area contributed by atoms with Crippen molar-refractivity contribution < 1.29 is 4.74 Å². The first-order valence-electron chi connectivity index (χ1n) is 6.83. The lowest BCUT2D eigenvalue weighted by molar-refractivity contribution is -0.0380. The second-order valence-corrected chi connectivity index (χ2v) is 5.49. The quantitative estimate of drug-likeness (QED) is 0.793. The maximum atomic E-state index is 5.81. The van der Waals surface area contributed by atoms with Gasteiger partial charge >= 0.3 is 0 Å². The van der Waals surface area contributed by atoms with Gasteiger partial charge in [0.05, 0.1) is 12.7 Å². The molecular formula is C13H24N4O. The van der Waals surface area contributed by atoms with Crippen LogP contribution in [0, 0.1) is 12.8 Å². The molecule has 2 heterocycles. The maximum Gasteiger partial charge on any atom is 0.129 e. The number of nitrogens with zero attached hydrogens (tertiary/aromatic N) is 4. The third kappa shape index (κ3) is 3.78. The highest BCUT2D eigenvalue weighted by Crippen LogP contribution is 2.13. The normalized spacial score (nSPS) is 21.7. The van der Waals surface area contributed by atoms with Gasteiger partial charge in [-0.05, 0) is 19.3 Å². The minimum atomic E-state index is 0.403. The third-order valence-corrected chi connectivity index (χ3v) is 3.42. The van der Waals surface area contributed by atoms with E-state index in [9.17, 15) is 0 Å². The molecule has 1 saturated heterocycles. The Morgan fingerprint density at radius 1 is 1.44 bits per heavy atom. The van der Waals surface area contributed by atoms with Crippen LogP contribution in [0.2, 0.25) is 0 Å². The van der Waals surface area contributed by atoms with Gasteiger partial charge in [0.25, 0.3) is 0 Å². The molecule has 1 aromatic rings. The average molecular weight is 252 g/mol. The van der Waals surface area contributed by atoms with Crippen molar-refractivity contribution in [3.05, 3.63) is 12.2 Å². The van der Waals surface area contributed by atoms with Crippen LogP contribution < -0.4 is 0 Å². The minimum Gasteiger partial charge on any atom is -0.376 e. The fourth-order valence-electron chi connectivity index (χ4n) is 2.43. The fraction of sp³-hybridized carbons (Fsp3) is 0.846. The summed E-state index contributed by atoms with van der Waals surface area (Å²) in [6.45, 7) is 11.5. The first kappa shape index (κ1) is 13.5. The fourth-order valence-corrected chi connectivity index (χ4v) is 2.43. The highest BCUT2D eigenvalue weighted by atomic mass is 16.5. The van der Waals surface area contributed by atoms with E-state index in [-0.39, 0.29) is 0 Å². The number of hydrogen-bond donors (Lipinski definition) is 0. The standard InChI is InChI=1S/C13H24N4O/c1-11(2)8-13-9-16(6-7-18-13)4-5-17-10-14-15-12(17)3/h10-11,13H,4-9H2,1-3H3. The van der Waals surface area contributed by atoms with Crippen LogP contribution in [0.15, 0.2) is 6.33 Å². The Labute approximate surface area is 109 Å². The molecule has 0 saturated carbocycles. The first-order chi connectivity index (χ1) is 8.65. The molecule has 102 valence electrons. The molecule has 5 heteroatoms. The van der Waals surface area contributed by atoms with Crippen molar-refractivity contribution in [2.75, 3.05) is 26.2 Å². The third-order valence-electron chi connectivity index (χ3n) is 3.42. The Hall–Kier alpha value is -0.940. The number of hydrogen-bond acceptors (Lipinski definition) is 4. The van der Waals surface area contributed by atoms with Crippen LogP contribution in [0.25, 0.3) is 0 Å². The van der Waals surface area contributed by atoms with Gasteiger partial charge in [-0.3, -0.25) is 4.90 Å². The molecule has 18 heavy (non-hydrogen) atoms. The van der Waals surface area contributed by atoms with Crippen molar-refractivity contribution in [1.29, 1.82) is 0 Å². The molecule has 0 radical (unpaired) electrons. The van der Waals surface area contributed by atoms with Gasteiger partial charge in [-0.25, -0.2) is 0 Å². The summed E-state index contributed by atoms with van der Waals surface area (Å²) < 4.78 is 7.91. The number of morpholine rings is 1. The van der Waals surface area contributed by atoms with E-state index in [0.29, 0.717) is 12.0 Å². The topological polar surface area (TPSA) is 43.2 Å². The first-order valence-corrected chi connectivity index (χ1v) is 6.83. The number of aryl methyl sites for hydroxylation is 1. The summed E-state index contributed by atoms with van der Waals surface area (Å²) in [6.07, 6.45) is 3.37. The maximum absolute atomic E-state index is 5.81. The van der Waals surface area contributed by atoms with Gasteiger partial charge in [0, 0.05) is 26.2 Å². The van der Waals surface area contributed by atoms with E-state index in [2.05, 4.69) is 33.5 Å². The van der Waals surface area contributed by atoms with Crippen LogP contribution in [-0.2, 0) is 11.3 Å². The van der Waals surface area contributed by atoms with E-state index < -0.39 is 0 Å². The summed E-state index contributed by atoms with van der Waals surface area (Å²) in [5, 5.41) is 7.91. The van der Waals surface area contributed by atoms with Gasteiger partial charge in [0.2, 0.25) is 0 Å². The SMILES string of the molecule is Cc1nncn1CCN1CCOC(CC(C)C)C1. The highest BCUT2D eigenvalue weighted by Gasteiger charge is 2.20. The van der Waals surface area contributed by atoms with Gasteiger partial charge < -0.3 is 9.30 Å². The lowest BCUT2D eigenvalue weighted by atomic mass is 10.0. The van der Waals surface area contributed by atoms with Gasteiger partial charge in [-0.2, -0.15) is 0 Å². The zero-order valence-corrected chi connectivity index (χ0v) is 11.7. The molecule has 1 aliphatic heterocycles. The molecule has 0 N–H and O–H groups in total. The van der Waals surface area contributed by atoms with Crippen LogP contribution in [0.5, 0.6) is 0 Å². The molecule has 1 unspecified atom stereocenters. The van der Waals surface area contributed by atoms with E-state index >= 15 is 0 Å². The molecular weight excluding hydrogens is 228 g/mol. The lowest BCUT2D eigenvalue weighted by Crippen LogP contribution is -2.44. The van der Waals surface area contributed by atoms with Crippen molar-refractivity contribution in [2.45, 2.75) is 39.8 Å². The average Bonchev–Trinajstić information content (AvgIpc) is 2.72. The highest BCUT2D eigenvalue weighted by molar-refractivity contribution is 4.81. The van der Waals surface area contributed by atoms with Gasteiger partial charge in [0.1, 0.15) is 12.2 Å². The summed E-state index contributed by atoms with van der Waals surface area (Å²) >= 11 is 0. The van der Waals surface area contributed by atoms with Crippen LogP contribution in [-0.4, -0.2) is 52.0 Å². The molecule has 1 aliphatic rings. The molecule has 0 amide bonds. The number of rotatable bonds is 5. The summed E-state index contributed by atoms with van der Waals surface area (Å²) in [5.41, 5.74) is 0. The van der Waals surface area contributed by atoms with E-state index in [1.165, 1.54) is 0 Å². The number of aromatic nitrogens is 3. The van der Waals surface area contributed by atoms with Gasteiger partial charge in [-0.1, -0.05) is 13.8 Å². The molecule has 0 aromatic carbocycles. The molecule has 0 aliphatic carbocycles. The van der Waals surface area contributed by atoms with Crippen molar-refractivity contribution in [2.24, 2.45) is 5.92 Å². The number of ether oxygens (including phenoxy) is 1. The predicted octanol–water partition coefficient (Wildman–Crippen LogP) is 1.33. The minimum absolute atomic E-state index is 0.403. The van der Waals surface area contributed by atoms with E-state index in [4.69, 9.17) is 4.74 Å². The Morgan fingerprint density at radius 2 is 2.28 bits per heavy atom. The van der Waals surface area contributed by atoms with E-state index in [1.54, 1.807) is 6.33 Å². The van der Waals surface area contributed by atoms with Crippen molar-refractivity contribution in [3.8, 4) is 0 Å².